The van der Waals surface area contributed by atoms with E-state index in [9.17, 15) is 0 Å². The SMILES string of the molecule is CC(CO)COc1ccc([C@H](C)N)cc1. The van der Waals surface area contributed by atoms with Crippen LogP contribution in [-0.4, -0.2) is 18.3 Å². The van der Waals surface area contributed by atoms with Gasteiger partial charge in [-0.3, -0.25) is 0 Å². The lowest BCUT2D eigenvalue weighted by molar-refractivity contribution is 0.174. The number of aliphatic hydroxyl groups is 1. The molecule has 0 saturated carbocycles. The van der Waals surface area contributed by atoms with Gasteiger partial charge in [-0.15, -0.1) is 0 Å². The summed E-state index contributed by atoms with van der Waals surface area (Å²) in [6.07, 6.45) is 0. The van der Waals surface area contributed by atoms with Gasteiger partial charge < -0.3 is 15.6 Å². The Kier molecular flexibility index (Phi) is 4.59. The van der Waals surface area contributed by atoms with Crippen molar-refractivity contribution >= 4 is 0 Å². The highest BCUT2D eigenvalue weighted by atomic mass is 16.5. The highest BCUT2D eigenvalue weighted by Crippen LogP contribution is 2.16. The molecule has 0 radical (unpaired) electrons. The Morgan fingerprint density at radius 1 is 1.27 bits per heavy atom. The first-order valence-electron chi connectivity index (χ1n) is 5.22. The maximum absolute atomic E-state index is 8.83. The number of aliphatic hydroxyl groups excluding tert-OH is 1. The average Bonchev–Trinajstić information content (AvgIpc) is 2.26. The molecule has 0 spiro atoms. The highest BCUT2D eigenvalue weighted by molar-refractivity contribution is 5.28. The number of nitrogens with two attached hydrogens (primary N) is 1. The normalized spacial score (nSPS) is 14.7. The quantitative estimate of drug-likeness (QED) is 0.776. The van der Waals surface area contributed by atoms with Crippen molar-refractivity contribution < 1.29 is 9.84 Å². The van der Waals surface area contributed by atoms with Crippen molar-refractivity contribution in [3.8, 4) is 5.75 Å². The van der Waals surface area contributed by atoms with Crippen molar-refractivity contribution in [2.45, 2.75) is 19.9 Å². The van der Waals surface area contributed by atoms with Crippen molar-refractivity contribution in [1.29, 1.82) is 0 Å². The van der Waals surface area contributed by atoms with Gasteiger partial charge >= 0.3 is 0 Å². The van der Waals surface area contributed by atoms with Crippen LogP contribution in [0, 0.1) is 5.92 Å². The van der Waals surface area contributed by atoms with Gasteiger partial charge in [0.15, 0.2) is 0 Å². The second-order valence-electron chi connectivity index (χ2n) is 3.96. The molecule has 1 aromatic carbocycles. The second-order valence-corrected chi connectivity index (χ2v) is 3.96. The van der Waals surface area contributed by atoms with E-state index in [2.05, 4.69) is 0 Å². The Bertz CT molecular complexity index is 282. The van der Waals surface area contributed by atoms with E-state index in [1.54, 1.807) is 0 Å². The molecule has 1 aromatic rings. The smallest absolute Gasteiger partial charge is 0.119 e. The first kappa shape index (κ1) is 12.0. The molecule has 1 rings (SSSR count). The van der Waals surface area contributed by atoms with Crippen LogP contribution in [0.1, 0.15) is 25.5 Å². The van der Waals surface area contributed by atoms with Crippen molar-refractivity contribution in [3.05, 3.63) is 29.8 Å². The molecule has 0 heterocycles. The molecule has 15 heavy (non-hydrogen) atoms. The standard InChI is InChI=1S/C12H19NO2/c1-9(7-14)8-15-12-5-3-11(4-6-12)10(2)13/h3-6,9-10,14H,7-8,13H2,1-2H3/t9?,10-/m0/s1. The average molecular weight is 209 g/mol. The molecule has 0 aliphatic heterocycles. The molecule has 0 bridgehead atoms. The second kappa shape index (κ2) is 5.73. The summed E-state index contributed by atoms with van der Waals surface area (Å²) in [4.78, 5) is 0. The van der Waals surface area contributed by atoms with Crippen molar-refractivity contribution in [1.82, 2.24) is 0 Å². The third-order valence-electron chi connectivity index (χ3n) is 2.25. The summed E-state index contributed by atoms with van der Waals surface area (Å²) in [6.45, 7) is 4.58. The number of rotatable bonds is 5. The Morgan fingerprint density at radius 2 is 1.87 bits per heavy atom. The summed E-state index contributed by atoms with van der Waals surface area (Å²) in [5.41, 5.74) is 6.83. The van der Waals surface area contributed by atoms with Gasteiger partial charge in [0.25, 0.3) is 0 Å². The van der Waals surface area contributed by atoms with Crippen LogP contribution < -0.4 is 10.5 Å². The zero-order valence-electron chi connectivity index (χ0n) is 9.31. The summed E-state index contributed by atoms with van der Waals surface area (Å²) in [5, 5.41) is 8.83. The minimum Gasteiger partial charge on any atom is -0.493 e. The van der Waals surface area contributed by atoms with Gasteiger partial charge in [0.1, 0.15) is 5.75 Å². The van der Waals surface area contributed by atoms with Gasteiger partial charge in [-0.1, -0.05) is 19.1 Å². The molecule has 84 valence electrons. The Labute approximate surface area is 90.9 Å². The van der Waals surface area contributed by atoms with E-state index in [1.165, 1.54) is 0 Å². The molecule has 0 aliphatic rings. The molecule has 0 aliphatic carbocycles. The molecule has 1 unspecified atom stereocenters. The first-order chi connectivity index (χ1) is 7.13. The Morgan fingerprint density at radius 3 is 2.33 bits per heavy atom. The monoisotopic (exact) mass is 209 g/mol. The number of hydrogen-bond acceptors (Lipinski definition) is 3. The predicted octanol–water partition coefficient (Wildman–Crippen LogP) is 1.71. The molecule has 0 aromatic heterocycles. The van der Waals surface area contributed by atoms with Crippen molar-refractivity contribution in [2.75, 3.05) is 13.2 Å². The topological polar surface area (TPSA) is 55.5 Å². The van der Waals surface area contributed by atoms with Crippen LogP contribution in [0.25, 0.3) is 0 Å². The van der Waals surface area contributed by atoms with Crippen molar-refractivity contribution in [2.24, 2.45) is 11.7 Å². The molecule has 0 amide bonds. The number of ether oxygens (including phenoxy) is 1. The summed E-state index contributed by atoms with van der Waals surface area (Å²) in [6, 6.07) is 7.79. The van der Waals surface area contributed by atoms with E-state index in [0.29, 0.717) is 6.61 Å². The van der Waals surface area contributed by atoms with Gasteiger partial charge in [-0.25, -0.2) is 0 Å². The van der Waals surface area contributed by atoms with Crippen molar-refractivity contribution in [3.63, 3.8) is 0 Å². The molecular weight excluding hydrogens is 190 g/mol. The minimum atomic E-state index is 0.0513. The lowest BCUT2D eigenvalue weighted by Gasteiger charge is -2.11. The van der Waals surface area contributed by atoms with Crippen LogP contribution in [0.5, 0.6) is 5.75 Å². The Hall–Kier alpha value is -1.06. The Balaban J connectivity index is 2.50. The van der Waals surface area contributed by atoms with E-state index < -0.39 is 0 Å². The zero-order valence-corrected chi connectivity index (χ0v) is 9.31. The van der Waals surface area contributed by atoms with E-state index in [4.69, 9.17) is 15.6 Å². The van der Waals surface area contributed by atoms with Crippen LogP contribution in [0.15, 0.2) is 24.3 Å². The van der Waals surface area contributed by atoms with Gasteiger partial charge in [-0.2, -0.15) is 0 Å². The van der Waals surface area contributed by atoms with Gasteiger partial charge in [0.05, 0.1) is 6.61 Å². The fourth-order valence-corrected chi connectivity index (χ4v) is 1.16. The van der Waals surface area contributed by atoms with Gasteiger partial charge in [0.2, 0.25) is 0 Å². The summed E-state index contributed by atoms with van der Waals surface area (Å²) in [5.74, 6) is 0.984. The van der Waals surface area contributed by atoms with Crippen LogP contribution in [-0.2, 0) is 0 Å². The third kappa shape index (κ3) is 3.90. The zero-order chi connectivity index (χ0) is 11.3. The van der Waals surface area contributed by atoms with Gasteiger partial charge in [-0.05, 0) is 24.6 Å². The van der Waals surface area contributed by atoms with Crippen LogP contribution in [0.3, 0.4) is 0 Å². The fourth-order valence-electron chi connectivity index (χ4n) is 1.16. The van der Waals surface area contributed by atoms with Crippen LogP contribution >= 0.6 is 0 Å². The minimum absolute atomic E-state index is 0.0513. The lowest BCUT2D eigenvalue weighted by atomic mass is 10.1. The summed E-state index contributed by atoms with van der Waals surface area (Å²) < 4.78 is 5.49. The maximum Gasteiger partial charge on any atom is 0.119 e. The molecular formula is C12H19NO2. The first-order valence-corrected chi connectivity index (χ1v) is 5.22. The number of hydrogen-bond donors (Lipinski definition) is 2. The molecule has 3 heteroatoms. The van der Waals surface area contributed by atoms with Crippen LogP contribution in [0.2, 0.25) is 0 Å². The molecule has 0 fully saturated rings. The summed E-state index contributed by atoms with van der Waals surface area (Å²) in [7, 11) is 0. The fraction of sp³-hybridized carbons (Fsp3) is 0.500. The van der Waals surface area contributed by atoms with Crippen LogP contribution in [0.4, 0.5) is 0 Å². The van der Waals surface area contributed by atoms with E-state index in [0.717, 1.165) is 11.3 Å². The van der Waals surface area contributed by atoms with E-state index >= 15 is 0 Å². The highest BCUT2D eigenvalue weighted by Gasteiger charge is 2.02. The predicted molar refractivity (Wildman–Crippen MR) is 60.8 cm³/mol. The molecule has 0 saturated heterocycles. The molecule has 3 nitrogen and oxygen atoms in total. The third-order valence-corrected chi connectivity index (χ3v) is 2.25. The van der Waals surface area contributed by atoms with E-state index in [1.807, 2.05) is 38.1 Å². The number of benzene rings is 1. The molecule has 2 atom stereocenters. The largest absolute Gasteiger partial charge is 0.493 e. The molecule has 3 N–H and O–H groups in total. The lowest BCUT2D eigenvalue weighted by Crippen LogP contribution is -2.12. The summed E-state index contributed by atoms with van der Waals surface area (Å²) >= 11 is 0. The van der Waals surface area contributed by atoms with Gasteiger partial charge in [0, 0.05) is 18.6 Å². The maximum atomic E-state index is 8.83. The van der Waals surface area contributed by atoms with E-state index in [-0.39, 0.29) is 18.6 Å².